The van der Waals surface area contributed by atoms with E-state index >= 15 is 0 Å². The molecule has 4 amide bonds. The summed E-state index contributed by atoms with van der Waals surface area (Å²) in [4.78, 5) is 60.7. The van der Waals surface area contributed by atoms with Gasteiger partial charge in [0.05, 0.1) is 24.7 Å². The van der Waals surface area contributed by atoms with Crippen LogP contribution < -0.4 is 20.9 Å². The molecule has 56 heavy (non-hydrogen) atoms. The van der Waals surface area contributed by atoms with Crippen LogP contribution in [0.4, 0.5) is 19.2 Å². The summed E-state index contributed by atoms with van der Waals surface area (Å²) in [5.74, 6) is -0.767. The fraction of sp³-hybridized carbons (Fsp3) is 0.513. The first kappa shape index (κ1) is 46.1. The van der Waals surface area contributed by atoms with Gasteiger partial charge in [0.2, 0.25) is 11.9 Å². The summed E-state index contributed by atoms with van der Waals surface area (Å²) < 4.78 is 33.9. The third-order valence-corrected chi connectivity index (χ3v) is 6.38. The lowest BCUT2D eigenvalue weighted by Gasteiger charge is -2.27. The topological polar surface area (TPSA) is 231 Å². The third-order valence-electron chi connectivity index (χ3n) is 6.38. The molecule has 0 radical (unpaired) electrons. The van der Waals surface area contributed by atoms with Crippen LogP contribution in [0.3, 0.4) is 0 Å². The second-order valence-electron chi connectivity index (χ2n) is 16.2. The summed E-state index contributed by atoms with van der Waals surface area (Å²) in [5, 5.41) is 9.95. The van der Waals surface area contributed by atoms with Gasteiger partial charge in [-0.25, -0.2) is 29.0 Å². The van der Waals surface area contributed by atoms with Crippen molar-refractivity contribution in [1.29, 1.82) is 5.26 Å². The molecule has 0 atom stereocenters. The van der Waals surface area contributed by atoms with Gasteiger partial charge in [0, 0.05) is 11.6 Å². The molecule has 2 aromatic rings. The molecule has 0 spiro atoms. The molecule has 4 N–H and O–H groups in total. The lowest BCUT2D eigenvalue weighted by Crippen LogP contribution is -2.47. The van der Waals surface area contributed by atoms with Crippen molar-refractivity contribution < 1.29 is 47.6 Å². The second-order valence-corrected chi connectivity index (χ2v) is 16.2. The van der Waals surface area contributed by atoms with Crippen LogP contribution in [0.1, 0.15) is 88.6 Å². The zero-order chi connectivity index (χ0) is 42.6. The molecule has 0 heterocycles. The first-order chi connectivity index (χ1) is 25.7. The zero-order valence-corrected chi connectivity index (χ0v) is 34.3. The third kappa shape index (κ3) is 16.5. The van der Waals surface area contributed by atoms with Crippen molar-refractivity contribution in [2.75, 3.05) is 26.3 Å². The number of aliphatic imine (C=N–C) groups is 2. The Labute approximate surface area is 328 Å². The number of hydrogen-bond donors (Lipinski definition) is 2. The number of nitrogens with two attached hydrogens (primary N) is 2. The van der Waals surface area contributed by atoms with Gasteiger partial charge in [-0.2, -0.15) is 5.26 Å². The Morgan fingerprint density at radius 2 is 1.05 bits per heavy atom. The molecular weight excluding hydrogens is 726 g/mol. The molecule has 0 aliphatic rings. The maximum atomic E-state index is 13.3. The van der Waals surface area contributed by atoms with Crippen molar-refractivity contribution in [2.24, 2.45) is 21.5 Å². The molecule has 0 bridgehead atoms. The molecule has 0 aromatic heterocycles. The Kier molecular flexibility index (Phi) is 15.6. The average molecular weight is 782 g/mol. The van der Waals surface area contributed by atoms with E-state index < -0.39 is 58.7 Å². The molecule has 0 saturated heterocycles. The molecule has 0 aliphatic heterocycles. The van der Waals surface area contributed by atoms with E-state index in [9.17, 15) is 24.4 Å². The molecule has 0 saturated carbocycles. The first-order valence-electron chi connectivity index (χ1n) is 17.7. The van der Waals surface area contributed by atoms with Crippen LogP contribution in [0.15, 0.2) is 52.4 Å². The maximum absolute atomic E-state index is 13.3. The van der Waals surface area contributed by atoms with Crippen LogP contribution in [-0.4, -0.2) is 94.8 Å². The SMILES string of the molecule is CC(C)(C)OC(=O)N=C(N)N(CCOc1cc(C#N)cc(-c2ccccc2)c1OCCN(C(=O)OC(C)(C)C)C(N)=NC(=O)OC(C)(C)C)C(=O)OC(C)(C)C. The molecule has 2 rings (SSSR count). The number of nitrogens with zero attached hydrogens (tertiary/aromatic N) is 5. The Hall–Kier alpha value is -6.05. The van der Waals surface area contributed by atoms with Crippen molar-refractivity contribution in [2.45, 2.75) is 105 Å². The van der Waals surface area contributed by atoms with Gasteiger partial charge in [0.25, 0.3) is 0 Å². The van der Waals surface area contributed by atoms with Crippen LogP contribution in [0.2, 0.25) is 0 Å². The highest BCUT2D eigenvalue weighted by Crippen LogP contribution is 2.40. The predicted molar refractivity (Wildman–Crippen MR) is 209 cm³/mol. The van der Waals surface area contributed by atoms with Crippen LogP contribution in [-0.2, 0) is 18.9 Å². The smallest absolute Gasteiger partial charge is 0.437 e. The van der Waals surface area contributed by atoms with Crippen molar-refractivity contribution in [1.82, 2.24) is 9.80 Å². The van der Waals surface area contributed by atoms with E-state index in [-0.39, 0.29) is 43.4 Å². The van der Waals surface area contributed by atoms with Gasteiger partial charge in [-0.1, -0.05) is 30.3 Å². The summed E-state index contributed by atoms with van der Waals surface area (Å²) in [5.41, 5.74) is 9.97. The van der Waals surface area contributed by atoms with E-state index in [0.717, 1.165) is 9.80 Å². The van der Waals surface area contributed by atoms with Crippen LogP contribution in [0.5, 0.6) is 11.5 Å². The van der Waals surface area contributed by atoms with Crippen LogP contribution >= 0.6 is 0 Å². The largest absolute Gasteiger partial charge is 0.488 e. The second kappa shape index (κ2) is 19.0. The van der Waals surface area contributed by atoms with E-state index in [2.05, 4.69) is 16.1 Å². The number of carbonyl (C=O) groups is 4. The van der Waals surface area contributed by atoms with E-state index in [1.807, 2.05) is 6.07 Å². The van der Waals surface area contributed by atoms with Gasteiger partial charge in [0.1, 0.15) is 35.6 Å². The highest BCUT2D eigenvalue weighted by Gasteiger charge is 2.29. The lowest BCUT2D eigenvalue weighted by molar-refractivity contribution is 0.0332. The van der Waals surface area contributed by atoms with Crippen molar-refractivity contribution in [3.8, 4) is 28.7 Å². The number of carbonyl (C=O) groups excluding carboxylic acids is 4. The van der Waals surface area contributed by atoms with Crippen molar-refractivity contribution in [3.63, 3.8) is 0 Å². The molecule has 0 fully saturated rings. The molecule has 0 aliphatic carbocycles. The predicted octanol–water partition coefficient (Wildman–Crippen LogP) is 6.96. The normalized spacial score (nSPS) is 12.5. The molecular formula is C39H55N7O10. The first-order valence-corrected chi connectivity index (χ1v) is 17.7. The highest BCUT2D eigenvalue weighted by molar-refractivity contribution is 5.99. The summed E-state index contributed by atoms with van der Waals surface area (Å²) in [6.07, 6.45) is -3.85. The Bertz CT molecular complexity index is 1810. The van der Waals surface area contributed by atoms with E-state index in [0.29, 0.717) is 11.1 Å². The number of ether oxygens (including phenoxy) is 6. The minimum absolute atomic E-state index is 0.0777. The fourth-order valence-corrected chi connectivity index (χ4v) is 4.35. The molecule has 0 unspecified atom stereocenters. The standard InChI is InChI=1S/C39H55N7O10/c1-36(2,3)53-32(47)43-30(41)45(34(49)55-38(7,8)9)18-20-51-28-23-25(24-40)22-27(26-16-14-13-15-17-26)29(28)52-21-19-46(35(50)56-39(10,11)12)31(42)44-33(48)54-37(4,5)6/h13-17,22-23H,18-21H2,1-12H3,(H2,41,43,47)(H2,42,44,48). The molecule has 306 valence electrons. The van der Waals surface area contributed by atoms with E-state index in [1.165, 1.54) is 6.07 Å². The fourth-order valence-electron chi connectivity index (χ4n) is 4.35. The number of benzene rings is 2. The monoisotopic (exact) mass is 781 g/mol. The Balaban J connectivity index is 2.55. The molecule has 17 heteroatoms. The summed E-state index contributed by atoms with van der Waals surface area (Å²) >= 11 is 0. The van der Waals surface area contributed by atoms with Gasteiger partial charge < -0.3 is 39.9 Å². The number of nitriles is 1. The van der Waals surface area contributed by atoms with Gasteiger partial charge in [-0.15, -0.1) is 9.98 Å². The number of guanidine groups is 2. The Morgan fingerprint density at radius 1 is 0.643 bits per heavy atom. The van der Waals surface area contributed by atoms with E-state index in [4.69, 9.17) is 39.9 Å². The average Bonchev–Trinajstić information content (AvgIpc) is 3.01. The summed E-state index contributed by atoms with van der Waals surface area (Å²) in [7, 11) is 0. The lowest BCUT2D eigenvalue weighted by atomic mass is 10.0. The van der Waals surface area contributed by atoms with Crippen molar-refractivity contribution in [3.05, 3.63) is 48.0 Å². The number of hydrogen-bond acceptors (Lipinski definition) is 11. The van der Waals surface area contributed by atoms with Gasteiger partial charge in [0.15, 0.2) is 11.5 Å². The summed E-state index contributed by atoms with van der Waals surface area (Å²) in [6.45, 7) is 18.8. The zero-order valence-electron chi connectivity index (χ0n) is 34.3. The van der Waals surface area contributed by atoms with Gasteiger partial charge >= 0.3 is 24.4 Å². The Morgan fingerprint density at radius 3 is 1.45 bits per heavy atom. The van der Waals surface area contributed by atoms with Crippen LogP contribution in [0, 0.1) is 11.3 Å². The minimum Gasteiger partial charge on any atom is -0.488 e. The maximum Gasteiger partial charge on any atom is 0.437 e. The summed E-state index contributed by atoms with van der Waals surface area (Å²) in [6, 6.07) is 14.1. The van der Waals surface area contributed by atoms with Gasteiger partial charge in [-0.3, -0.25) is 0 Å². The van der Waals surface area contributed by atoms with Crippen molar-refractivity contribution >= 4 is 36.3 Å². The van der Waals surface area contributed by atoms with E-state index in [1.54, 1.807) is 113 Å². The van der Waals surface area contributed by atoms with Gasteiger partial charge in [-0.05, 0) is 94.7 Å². The highest BCUT2D eigenvalue weighted by atomic mass is 16.6. The molecule has 17 nitrogen and oxygen atoms in total. The minimum atomic E-state index is -1.02. The molecule has 2 aromatic carbocycles. The van der Waals surface area contributed by atoms with Crippen LogP contribution in [0.25, 0.3) is 11.1 Å². The quantitative estimate of drug-likeness (QED) is 0.149. The number of amides is 4. The number of rotatable bonds is 9.